The van der Waals surface area contributed by atoms with E-state index in [-0.39, 0.29) is 0 Å². The third-order valence-electron chi connectivity index (χ3n) is 12.7. The van der Waals surface area contributed by atoms with Gasteiger partial charge in [0.1, 0.15) is 0 Å². The Labute approximate surface area is 368 Å². The Hall–Kier alpha value is -8.67. The topological polar surface area (TPSA) is 48.5 Å². The molecule has 64 heavy (non-hydrogen) atoms. The Balaban J connectivity index is 1.06. The molecule has 298 valence electrons. The van der Waals surface area contributed by atoms with Crippen molar-refractivity contribution in [2.24, 2.45) is 0 Å². The van der Waals surface area contributed by atoms with Crippen molar-refractivity contribution in [3.8, 4) is 56.7 Å². The second-order valence-electron chi connectivity index (χ2n) is 16.4. The minimum Gasteiger partial charge on any atom is -0.309 e. The summed E-state index contributed by atoms with van der Waals surface area (Å²) in [5.74, 6) is 1.86. The average Bonchev–Trinajstić information content (AvgIpc) is 3.88. The van der Waals surface area contributed by atoms with E-state index in [0.29, 0.717) is 17.5 Å². The van der Waals surface area contributed by atoms with Gasteiger partial charge in [0, 0.05) is 49.3 Å². The minimum atomic E-state index is 0.608. The van der Waals surface area contributed by atoms with Crippen molar-refractivity contribution in [2.75, 3.05) is 0 Å². The van der Waals surface area contributed by atoms with Crippen LogP contribution in [0.15, 0.2) is 224 Å². The molecule has 13 aromatic rings. The highest BCUT2D eigenvalue weighted by Crippen LogP contribution is 2.44. The highest BCUT2D eigenvalue weighted by Gasteiger charge is 2.23. The van der Waals surface area contributed by atoms with Crippen LogP contribution in [0.25, 0.3) is 122 Å². The van der Waals surface area contributed by atoms with E-state index >= 15 is 0 Å². The van der Waals surface area contributed by atoms with E-state index in [1.807, 2.05) is 6.07 Å². The summed E-state index contributed by atoms with van der Waals surface area (Å²) in [4.78, 5) is 15.8. The van der Waals surface area contributed by atoms with Crippen molar-refractivity contribution in [2.45, 2.75) is 0 Å². The first-order valence-corrected chi connectivity index (χ1v) is 21.7. The molecule has 3 aromatic heterocycles. The zero-order valence-electron chi connectivity index (χ0n) is 34.6. The number of nitrogens with zero attached hydrogens (tertiary/aromatic N) is 5. The van der Waals surface area contributed by atoms with Crippen LogP contribution in [0.4, 0.5) is 0 Å². The zero-order chi connectivity index (χ0) is 42.1. The fraction of sp³-hybridized carbons (Fsp3) is 0. The second-order valence-corrected chi connectivity index (χ2v) is 16.4. The predicted octanol–water partition coefficient (Wildman–Crippen LogP) is 15.0. The normalized spacial score (nSPS) is 11.8. The van der Waals surface area contributed by atoms with Gasteiger partial charge in [-0.3, -0.25) is 0 Å². The molecule has 0 spiro atoms. The quantitative estimate of drug-likeness (QED) is 0.168. The summed E-state index contributed by atoms with van der Waals surface area (Å²) < 4.78 is 4.89. The lowest BCUT2D eigenvalue weighted by Crippen LogP contribution is -2.02. The summed E-state index contributed by atoms with van der Waals surface area (Å²) in [5, 5.41) is 9.46. The van der Waals surface area contributed by atoms with Crippen LogP contribution >= 0.6 is 0 Å². The minimum absolute atomic E-state index is 0.608. The van der Waals surface area contributed by atoms with Crippen LogP contribution in [0.1, 0.15) is 0 Å². The first kappa shape index (κ1) is 36.0. The van der Waals surface area contributed by atoms with Gasteiger partial charge in [0.2, 0.25) is 0 Å². The van der Waals surface area contributed by atoms with E-state index in [1.54, 1.807) is 0 Å². The third kappa shape index (κ3) is 5.68. The molecule has 5 nitrogen and oxygen atoms in total. The van der Waals surface area contributed by atoms with Gasteiger partial charge in [0.15, 0.2) is 17.5 Å². The molecule has 0 unspecified atom stereocenters. The molecule has 0 radical (unpaired) electrons. The predicted molar refractivity (Wildman–Crippen MR) is 265 cm³/mol. The van der Waals surface area contributed by atoms with Crippen LogP contribution in [-0.4, -0.2) is 24.1 Å². The number of fused-ring (bicyclic) bond motifs is 8. The van der Waals surface area contributed by atoms with Crippen molar-refractivity contribution in [3.63, 3.8) is 0 Å². The molecule has 0 aliphatic carbocycles. The summed E-state index contributed by atoms with van der Waals surface area (Å²) >= 11 is 0. The molecule has 0 amide bonds. The molecule has 13 rings (SSSR count). The van der Waals surface area contributed by atoms with Crippen molar-refractivity contribution in [1.29, 1.82) is 0 Å². The lowest BCUT2D eigenvalue weighted by molar-refractivity contribution is 1.07. The van der Waals surface area contributed by atoms with E-state index in [4.69, 9.17) is 15.0 Å². The lowest BCUT2D eigenvalue weighted by atomic mass is 10.0. The Morgan fingerprint density at radius 3 is 1.52 bits per heavy atom. The van der Waals surface area contributed by atoms with Gasteiger partial charge in [0.25, 0.3) is 0 Å². The van der Waals surface area contributed by atoms with Crippen LogP contribution in [0, 0.1) is 0 Å². The average molecular weight is 816 g/mol. The molecule has 5 heteroatoms. The second kappa shape index (κ2) is 14.5. The molecule has 0 saturated heterocycles. The van der Waals surface area contributed by atoms with Gasteiger partial charge in [-0.1, -0.05) is 182 Å². The van der Waals surface area contributed by atoms with Crippen molar-refractivity contribution in [1.82, 2.24) is 24.1 Å². The number of rotatable bonds is 6. The van der Waals surface area contributed by atoms with Crippen molar-refractivity contribution >= 4 is 65.2 Å². The van der Waals surface area contributed by atoms with Gasteiger partial charge >= 0.3 is 0 Å². The molecular formula is C59H37N5. The van der Waals surface area contributed by atoms with Crippen LogP contribution in [0.5, 0.6) is 0 Å². The monoisotopic (exact) mass is 815 g/mol. The van der Waals surface area contributed by atoms with Gasteiger partial charge in [-0.05, 0) is 69.8 Å². The molecule has 0 atom stereocenters. The molecule has 0 N–H and O–H groups in total. The number of para-hydroxylation sites is 3. The molecule has 0 fully saturated rings. The number of aromatic nitrogens is 5. The smallest absolute Gasteiger partial charge is 0.164 e. The van der Waals surface area contributed by atoms with Crippen LogP contribution in [0.2, 0.25) is 0 Å². The van der Waals surface area contributed by atoms with Gasteiger partial charge < -0.3 is 9.13 Å². The maximum absolute atomic E-state index is 5.29. The highest BCUT2D eigenvalue weighted by atomic mass is 15.0. The van der Waals surface area contributed by atoms with Crippen molar-refractivity contribution < 1.29 is 0 Å². The standard InChI is InChI=1S/C59H37N5/c1-2-17-38(18-3-1)40-22-14-23-42(35-40)57-60-58(62-59(61-57)49-31-16-21-39-19-4-6-26-45(39)49)43-24-15-25-44(36-43)63-53-34-13-10-30-50(53)55-54(63)37-41-20-5-7-27-46(41)56(55)64-51-32-11-8-28-47(51)48-29-9-12-33-52(48)64/h1-37H. The lowest BCUT2D eigenvalue weighted by Gasteiger charge is -2.15. The van der Waals surface area contributed by atoms with Crippen LogP contribution in [0.3, 0.4) is 0 Å². The molecule has 0 aliphatic heterocycles. The van der Waals surface area contributed by atoms with Crippen LogP contribution < -0.4 is 0 Å². The van der Waals surface area contributed by atoms with E-state index in [2.05, 4.69) is 228 Å². The zero-order valence-corrected chi connectivity index (χ0v) is 34.6. The molecule has 3 heterocycles. The van der Waals surface area contributed by atoms with E-state index in [0.717, 1.165) is 55.3 Å². The Morgan fingerprint density at radius 2 is 0.781 bits per heavy atom. The third-order valence-corrected chi connectivity index (χ3v) is 12.7. The number of benzene rings is 10. The first-order chi connectivity index (χ1) is 31.7. The van der Waals surface area contributed by atoms with Crippen molar-refractivity contribution in [3.05, 3.63) is 224 Å². The summed E-state index contributed by atoms with van der Waals surface area (Å²) in [7, 11) is 0. The summed E-state index contributed by atoms with van der Waals surface area (Å²) in [6.07, 6.45) is 0. The number of hydrogen-bond donors (Lipinski definition) is 0. The molecule has 0 saturated carbocycles. The molecule has 0 aliphatic rings. The van der Waals surface area contributed by atoms with E-state index in [9.17, 15) is 0 Å². The Kier molecular flexibility index (Phi) is 8.15. The fourth-order valence-corrected chi connectivity index (χ4v) is 9.87. The summed E-state index contributed by atoms with van der Waals surface area (Å²) in [5.41, 5.74) is 11.8. The van der Waals surface area contributed by atoms with Crippen LogP contribution in [-0.2, 0) is 0 Å². The molecule has 0 bridgehead atoms. The van der Waals surface area contributed by atoms with Gasteiger partial charge in [-0.15, -0.1) is 0 Å². The maximum atomic E-state index is 5.29. The first-order valence-electron chi connectivity index (χ1n) is 21.7. The van der Waals surface area contributed by atoms with Gasteiger partial charge in [-0.25, -0.2) is 15.0 Å². The Bertz CT molecular complexity index is 3910. The Morgan fingerprint density at radius 1 is 0.281 bits per heavy atom. The summed E-state index contributed by atoms with van der Waals surface area (Å²) in [6, 6.07) is 79.8. The summed E-state index contributed by atoms with van der Waals surface area (Å²) in [6.45, 7) is 0. The number of hydrogen-bond acceptors (Lipinski definition) is 3. The highest BCUT2D eigenvalue weighted by molar-refractivity contribution is 6.22. The van der Waals surface area contributed by atoms with E-state index in [1.165, 1.54) is 49.0 Å². The fourth-order valence-electron chi connectivity index (χ4n) is 9.87. The maximum Gasteiger partial charge on any atom is 0.164 e. The SMILES string of the molecule is c1ccc(-c2cccc(-c3nc(-c4cccc(-n5c6ccccc6c6c(-n7c8ccccc8c8ccccc87)c7ccccc7cc65)c4)nc(-c4cccc5ccccc45)n3)c2)cc1. The largest absolute Gasteiger partial charge is 0.309 e. The molecule has 10 aromatic carbocycles. The van der Waals surface area contributed by atoms with Gasteiger partial charge in [-0.2, -0.15) is 0 Å². The van der Waals surface area contributed by atoms with Gasteiger partial charge in [0.05, 0.1) is 27.8 Å². The van der Waals surface area contributed by atoms with E-state index < -0.39 is 0 Å². The molecular weight excluding hydrogens is 779 g/mol.